The number of aliphatic hydroxyl groups is 1. The molecule has 2 aliphatic heterocycles. The van der Waals surface area contributed by atoms with Gasteiger partial charge in [0.15, 0.2) is 4.34 Å². The Balaban J connectivity index is 1.39. The number of aromatic nitrogens is 2. The number of methoxy groups -OCH3 is 1. The van der Waals surface area contributed by atoms with Crippen molar-refractivity contribution in [2.45, 2.75) is 35.6 Å². The van der Waals surface area contributed by atoms with E-state index in [0.717, 1.165) is 16.9 Å². The van der Waals surface area contributed by atoms with Crippen molar-refractivity contribution in [2.75, 3.05) is 12.0 Å². The molecule has 6 rings (SSSR count). The van der Waals surface area contributed by atoms with Crippen molar-refractivity contribution in [3.05, 3.63) is 105 Å². The van der Waals surface area contributed by atoms with Gasteiger partial charge in [-0.3, -0.25) is 14.5 Å². The first-order chi connectivity index (χ1) is 20.7. The van der Waals surface area contributed by atoms with Crippen LogP contribution in [0.15, 0.2) is 76.6 Å². The molecule has 218 valence electrons. The van der Waals surface area contributed by atoms with E-state index in [4.69, 9.17) is 21.1 Å². The molecule has 1 N–H and O–H groups in total. The Morgan fingerprint density at radius 2 is 1.81 bits per heavy atom. The van der Waals surface area contributed by atoms with Crippen LogP contribution in [-0.2, 0) is 26.5 Å². The van der Waals surface area contributed by atoms with Crippen LogP contribution in [0.5, 0.6) is 5.75 Å². The number of benzene rings is 3. The molecule has 0 radical (unpaired) electrons. The molecule has 1 saturated heterocycles. The van der Waals surface area contributed by atoms with Crippen molar-refractivity contribution >= 4 is 63.3 Å². The summed E-state index contributed by atoms with van der Waals surface area (Å²) in [7, 11) is 1.28. The van der Waals surface area contributed by atoms with Crippen LogP contribution in [0.2, 0.25) is 5.02 Å². The molecular weight excluding hydrogens is 610 g/mol. The highest BCUT2D eigenvalue weighted by Crippen LogP contribution is 2.44. The van der Waals surface area contributed by atoms with Crippen LogP contribution < -0.4 is 9.64 Å². The predicted molar refractivity (Wildman–Crippen MR) is 164 cm³/mol. The number of rotatable bonds is 7. The summed E-state index contributed by atoms with van der Waals surface area (Å²) in [5.41, 5.74) is 3.03. The van der Waals surface area contributed by atoms with Crippen molar-refractivity contribution in [2.24, 2.45) is 0 Å². The van der Waals surface area contributed by atoms with Gasteiger partial charge in [0, 0.05) is 22.8 Å². The number of anilines is 1. The minimum atomic E-state index is -1.02. The summed E-state index contributed by atoms with van der Waals surface area (Å²) in [6, 6.07) is 18.0. The Labute approximate surface area is 260 Å². The molecular formula is C31H24ClN3O6S2. The lowest BCUT2D eigenvalue weighted by Gasteiger charge is -2.22. The Morgan fingerprint density at radius 3 is 2.53 bits per heavy atom. The van der Waals surface area contributed by atoms with Crippen molar-refractivity contribution in [3.63, 3.8) is 0 Å². The van der Waals surface area contributed by atoms with Gasteiger partial charge < -0.3 is 14.6 Å². The average molecular weight is 634 g/mol. The van der Waals surface area contributed by atoms with Crippen LogP contribution in [0.1, 0.15) is 45.6 Å². The number of hydrogen-bond acceptors (Lipinski definition) is 10. The Kier molecular flexibility index (Phi) is 7.95. The highest BCUT2D eigenvalue weighted by atomic mass is 35.5. The Morgan fingerprint density at radius 1 is 1.09 bits per heavy atom. The summed E-state index contributed by atoms with van der Waals surface area (Å²) in [6.45, 7) is 1.95. The molecule has 9 nitrogen and oxygen atoms in total. The monoisotopic (exact) mass is 633 g/mol. The van der Waals surface area contributed by atoms with E-state index in [1.165, 1.54) is 35.1 Å². The van der Waals surface area contributed by atoms with Crippen molar-refractivity contribution in [1.29, 1.82) is 0 Å². The Bertz CT molecular complexity index is 1770. The van der Waals surface area contributed by atoms with Gasteiger partial charge in [0.1, 0.15) is 17.6 Å². The first-order valence-corrected chi connectivity index (χ1v) is 15.4. The third-order valence-electron chi connectivity index (χ3n) is 7.14. The lowest BCUT2D eigenvalue weighted by atomic mass is 9.94. The van der Waals surface area contributed by atoms with Gasteiger partial charge in [-0.15, -0.1) is 10.2 Å². The molecule has 0 aliphatic carbocycles. The lowest BCUT2D eigenvalue weighted by molar-refractivity contribution is -0.132. The molecule has 3 aromatic carbocycles. The van der Waals surface area contributed by atoms with Gasteiger partial charge in [0.2, 0.25) is 5.13 Å². The van der Waals surface area contributed by atoms with E-state index < -0.39 is 23.7 Å². The molecule has 4 aromatic rings. The standard InChI is InChI=1S/C31H24ClN3O6S2/c1-16-13-21-14-20(9-12-23(21)41-16)26(36)24-25(18-5-7-19(8-6-18)29(39)40-2)35(28(38)27(24)37)30-33-34-31(43-30)42-15-17-3-10-22(32)11-4-17/h3-12,14,16,25,36H,13,15H2,1-2H3/b26-24+/t16-,25-/m1/s1. The number of ether oxygens (including phenoxy) is 2. The number of esters is 1. The number of thioether (sulfide) groups is 1. The van der Waals surface area contributed by atoms with E-state index in [1.807, 2.05) is 31.2 Å². The second-order valence-corrected chi connectivity index (χ2v) is 12.6. The van der Waals surface area contributed by atoms with Gasteiger partial charge >= 0.3 is 11.9 Å². The molecule has 0 spiro atoms. The number of nitrogens with zero attached hydrogens (tertiary/aromatic N) is 3. The van der Waals surface area contributed by atoms with Crippen LogP contribution in [-0.4, -0.2) is 46.2 Å². The Hall–Kier alpha value is -4.19. The molecule has 1 fully saturated rings. The van der Waals surface area contributed by atoms with Gasteiger partial charge in [0.05, 0.1) is 24.3 Å². The van der Waals surface area contributed by atoms with Crippen LogP contribution in [0.4, 0.5) is 5.13 Å². The fourth-order valence-electron chi connectivity index (χ4n) is 5.07. The second-order valence-electron chi connectivity index (χ2n) is 10.0. The van der Waals surface area contributed by atoms with E-state index in [-0.39, 0.29) is 22.6 Å². The SMILES string of the molecule is COC(=O)c1ccc([C@@H]2/C(=C(\O)c3ccc4c(c3)C[C@@H](C)O4)C(=O)C(=O)N2c2nnc(SCc3ccc(Cl)cc3)s2)cc1. The molecule has 1 amide bonds. The van der Waals surface area contributed by atoms with Gasteiger partial charge in [-0.2, -0.15) is 0 Å². The van der Waals surface area contributed by atoms with E-state index in [9.17, 15) is 19.5 Å². The minimum Gasteiger partial charge on any atom is -0.507 e. The van der Waals surface area contributed by atoms with Gasteiger partial charge in [-0.1, -0.05) is 59.0 Å². The summed E-state index contributed by atoms with van der Waals surface area (Å²) < 4.78 is 11.2. The number of Topliss-reactive ketones (excluding diaryl/α,β-unsaturated/α-hetero) is 1. The van der Waals surface area contributed by atoms with E-state index in [0.29, 0.717) is 38.2 Å². The highest BCUT2D eigenvalue weighted by Gasteiger charge is 2.48. The number of carbonyl (C=O) groups excluding carboxylic acids is 3. The zero-order valence-electron chi connectivity index (χ0n) is 22.9. The summed E-state index contributed by atoms with van der Waals surface area (Å²) in [5.74, 6) is -1.21. The van der Waals surface area contributed by atoms with Gasteiger partial charge in [0.25, 0.3) is 5.78 Å². The number of ketones is 1. The summed E-state index contributed by atoms with van der Waals surface area (Å²) in [4.78, 5) is 40.5. The second kappa shape index (κ2) is 11.8. The predicted octanol–water partition coefficient (Wildman–Crippen LogP) is 6.22. The first kappa shape index (κ1) is 28.9. The molecule has 2 aliphatic rings. The molecule has 1 aromatic heterocycles. The fraction of sp³-hybridized carbons (Fsp3) is 0.194. The van der Waals surface area contributed by atoms with Crippen molar-refractivity contribution in [3.8, 4) is 5.75 Å². The molecule has 2 atom stereocenters. The number of hydrogen-bond donors (Lipinski definition) is 1. The highest BCUT2D eigenvalue weighted by molar-refractivity contribution is 8.00. The van der Waals surface area contributed by atoms with Crippen LogP contribution in [0.25, 0.3) is 5.76 Å². The van der Waals surface area contributed by atoms with Crippen molar-refractivity contribution < 1.29 is 29.0 Å². The largest absolute Gasteiger partial charge is 0.507 e. The topological polar surface area (TPSA) is 119 Å². The number of carbonyl (C=O) groups is 3. The summed E-state index contributed by atoms with van der Waals surface area (Å²) >= 11 is 8.59. The molecule has 0 saturated carbocycles. The minimum absolute atomic E-state index is 0.00420. The van der Waals surface area contributed by atoms with E-state index in [1.54, 1.807) is 42.5 Å². The van der Waals surface area contributed by atoms with Gasteiger partial charge in [-0.05, 0) is 66.1 Å². The molecule has 3 heterocycles. The van der Waals surface area contributed by atoms with Crippen LogP contribution >= 0.6 is 34.7 Å². The normalized spacial score (nSPS) is 18.9. The third kappa shape index (κ3) is 5.63. The third-order valence-corrected chi connectivity index (χ3v) is 9.52. The van der Waals surface area contributed by atoms with Crippen molar-refractivity contribution in [1.82, 2.24) is 10.2 Å². The first-order valence-electron chi connectivity index (χ1n) is 13.2. The maximum atomic E-state index is 13.6. The maximum absolute atomic E-state index is 13.6. The number of amides is 1. The zero-order chi connectivity index (χ0) is 30.2. The van der Waals surface area contributed by atoms with E-state index in [2.05, 4.69) is 10.2 Å². The molecule has 0 bridgehead atoms. The molecule has 12 heteroatoms. The number of fused-ring (bicyclic) bond motifs is 1. The molecule has 43 heavy (non-hydrogen) atoms. The summed E-state index contributed by atoms with van der Waals surface area (Å²) in [6.07, 6.45) is 0.653. The quantitative estimate of drug-likeness (QED) is 0.0632. The zero-order valence-corrected chi connectivity index (χ0v) is 25.3. The summed E-state index contributed by atoms with van der Waals surface area (Å²) in [5, 5.41) is 20.9. The lowest BCUT2D eigenvalue weighted by Crippen LogP contribution is -2.29. The number of halogens is 1. The average Bonchev–Trinajstić information content (AvgIpc) is 3.71. The number of aliphatic hydroxyl groups excluding tert-OH is 1. The van der Waals surface area contributed by atoms with Crippen LogP contribution in [0.3, 0.4) is 0 Å². The molecule has 0 unspecified atom stereocenters. The smallest absolute Gasteiger partial charge is 0.337 e. The maximum Gasteiger partial charge on any atom is 0.337 e. The fourth-order valence-corrected chi connectivity index (χ4v) is 7.02. The van der Waals surface area contributed by atoms with Gasteiger partial charge in [-0.25, -0.2) is 4.79 Å². The van der Waals surface area contributed by atoms with Crippen LogP contribution in [0, 0.1) is 0 Å². The van der Waals surface area contributed by atoms with E-state index >= 15 is 0 Å².